The molecule has 1 spiro atoms. The van der Waals surface area contributed by atoms with Crippen molar-refractivity contribution in [3.63, 3.8) is 0 Å². The molecule has 2 atom stereocenters. The van der Waals surface area contributed by atoms with Gasteiger partial charge in [0.15, 0.2) is 0 Å². The maximum absolute atomic E-state index is 13.2. The second-order valence-corrected chi connectivity index (χ2v) is 9.35. The van der Waals surface area contributed by atoms with Crippen molar-refractivity contribution in [2.45, 2.75) is 68.5 Å². The summed E-state index contributed by atoms with van der Waals surface area (Å²) in [5.74, 6) is 1.31. The smallest absolute Gasteiger partial charge is 0.246 e. The number of carbonyl (C=O) groups excluding carboxylic acids is 2. The fourth-order valence-electron chi connectivity index (χ4n) is 5.83. The minimum Gasteiger partial charge on any atom is -0.493 e. The first-order valence-corrected chi connectivity index (χ1v) is 11.7. The Hall–Kier alpha value is -2.12. The van der Waals surface area contributed by atoms with Gasteiger partial charge in [-0.15, -0.1) is 0 Å². The van der Waals surface area contributed by atoms with Crippen LogP contribution < -0.4 is 10.1 Å². The summed E-state index contributed by atoms with van der Waals surface area (Å²) in [4.78, 5) is 27.3. The average Bonchev–Trinajstić information content (AvgIpc) is 2.78. The highest BCUT2D eigenvalue weighted by molar-refractivity contribution is 5.80. The number of benzene rings is 1. The molecule has 6 rings (SSSR count). The zero-order valence-corrected chi connectivity index (χ0v) is 18.0. The quantitative estimate of drug-likeness (QED) is 0.687. The number of morpholine rings is 1. The second kappa shape index (κ2) is 8.79. The number of carbonyl (C=O) groups is 2. The number of amides is 2. The highest BCUT2D eigenvalue weighted by Crippen LogP contribution is 2.39. The fraction of sp³-hybridized carbons (Fsp3) is 0.667. The Morgan fingerprint density at radius 2 is 1.94 bits per heavy atom. The molecule has 31 heavy (non-hydrogen) atoms. The van der Waals surface area contributed by atoms with Gasteiger partial charge in [-0.25, -0.2) is 0 Å². The van der Waals surface area contributed by atoms with Gasteiger partial charge in [-0.3, -0.25) is 9.59 Å². The van der Waals surface area contributed by atoms with Gasteiger partial charge >= 0.3 is 0 Å². The molecule has 5 aliphatic rings. The molecule has 7 nitrogen and oxygen atoms in total. The number of fused-ring (bicyclic) bond motifs is 6. The van der Waals surface area contributed by atoms with Gasteiger partial charge in [0.25, 0.3) is 0 Å². The molecule has 2 saturated heterocycles. The molecule has 168 valence electrons. The van der Waals surface area contributed by atoms with Crippen LogP contribution in [0.25, 0.3) is 0 Å². The number of piperidine rings is 1. The topological polar surface area (TPSA) is 77.1 Å². The highest BCUT2D eigenvalue weighted by atomic mass is 16.5. The summed E-state index contributed by atoms with van der Waals surface area (Å²) in [7, 11) is 0. The molecule has 2 amide bonds. The fourth-order valence-corrected chi connectivity index (χ4v) is 5.83. The summed E-state index contributed by atoms with van der Waals surface area (Å²) < 4.78 is 18.2. The molecule has 3 fully saturated rings. The number of nitrogens with one attached hydrogen (secondary N) is 1. The number of hydrogen-bond acceptors (Lipinski definition) is 5. The van der Waals surface area contributed by atoms with Crippen LogP contribution in [-0.2, 0) is 19.1 Å². The molecule has 1 aromatic rings. The number of ether oxygens (including phenoxy) is 3. The molecule has 0 aromatic heterocycles. The molecule has 1 saturated carbocycles. The summed E-state index contributed by atoms with van der Waals surface area (Å²) in [6.45, 7) is 1.97. The standard InChI is InChI=1S/C24H32N2O5/c27-22-15-29-16-24(25-22)11-3-12-26-21(24)14-31-18-8-6-17(7-9-18)19-4-1-2-5-20(19)30-13-10-23(26)28/h1-2,4-5,17-18,21H,3,6-16H2,(H,25,27)/t17?,18?,21-,24+/m1/s1. The third kappa shape index (κ3) is 4.17. The number of hydrogen-bond donors (Lipinski definition) is 1. The zero-order chi connectivity index (χ0) is 21.3. The molecular formula is C24H32N2O5. The second-order valence-electron chi connectivity index (χ2n) is 9.35. The normalized spacial score (nSPS) is 34.3. The van der Waals surface area contributed by atoms with Crippen LogP contribution in [0.5, 0.6) is 5.75 Å². The molecule has 1 aromatic carbocycles. The van der Waals surface area contributed by atoms with Gasteiger partial charge in [0.05, 0.1) is 43.9 Å². The van der Waals surface area contributed by atoms with Gasteiger partial charge in [-0.2, -0.15) is 0 Å². The van der Waals surface area contributed by atoms with Gasteiger partial charge in [-0.05, 0) is 56.1 Å². The van der Waals surface area contributed by atoms with Gasteiger partial charge in [0.1, 0.15) is 12.4 Å². The van der Waals surface area contributed by atoms with E-state index in [1.165, 1.54) is 5.56 Å². The van der Waals surface area contributed by atoms with E-state index in [9.17, 15) is 9.59 Å². The lowest BCUT2D eigenvalue weighted by Gasteiger charge is -2.51. The van der Waals surface area contributed by atoms with E-state index in [1.54, 1.807) is 0 Å². The Balaban J connectivity index is 1.41. The molecule has 0 unspecified atom stereocenters. The lowest BCUT2D eigenvalue weighted by Crippen LogP contribution is -2.72. The van der Waals surface area contributed by atoms with Gasteiger partial charge < -0.3 is 24.4 Å². The van der Waals surface area contributed by atoms with Crippen molar-refractivity contribution in [2.24, 2.45) is 0 Å². The summed E-state index contributed by atoms with van der Waals surface area (Å²) in [5.41, 5.74) is 0.688. The molecule has 4 heterocycles. The summed E-state index contributed by atoms with van der Waals surface area (Å²) in [6, 6.07) is 8.02. The SMILES string of the molecule is O=C1COC[C@]2(CCCN3C(=O)CCOc4ccccc4C4CCC(CC4)OC[C@@H]32)N1. The van der Waals surface area contributed by atoms with Crippen LogP contribution in [-0.4, -0.2) is 67.4 Å². The van der Waals surface area contributed by atoms with Gasteiger partial charge in [0.2, 0.25) is 11.8 Å². The number of nitrogens with zero attached hydrogens (tertiary/aromatic N) is 1. The van der Waals surface area contributed by atoms with Crippen molar-refractivity contribution in [2.75, 3.05) is 33.0 Å². The van der Waals surface area contributed by atoms with Gasteiger partial charge in [0, 0.05) is 6.54 Å². The minimum atomic E-state index is -0.565. The van der Waals surface area contributed by atoms with Crippen LogP contribution in [0.2, 0.25) is 0 Å². The maximum atomic E-state index is 13.2. The Labute approximate surface area is 183 Å². The van der Waals surface area contributed by atoms with Gasteiger partial charge in [-0.1, -0.05) is 18.2 Å². The maximum Gasteiger partial charge on any atom is 0.246 e. The molecule has 7 heteroatoms. The van der Waals surface area contributed by atoms with Crippen LogP contribution in [0, 0.1) is 0 Å². The van der Waals surface area contributed by atoms with E-state index in [0.29, 0.717) is 38.7 Å². The van der Waals surface area contributed by atoms with Crippen molar-refractivity contribution in [1.29, 1.82) is 0 Å². The Morgan fingerprint density at radius 3 is 2.77 bits per heavy atom. The van der Waals surface area contributed by atoms with E-state index in [-0.39, 0.29) is 30.6 Å². The third-order valence-electron chi connectivity index (χ3n) is 7.43. The minimum absolute atomic E-state index is 0.0483. The van der Waals surface area contributed by atoms with Crippen molar-refractivity contribution in [3.8, 4) is 5.75 Å². The van der Waals surface area contributed by atoms with E-state index < -0.39 is 5.54 Å². The Morgan fingerprint density at radius 1 is 1.10 bits per heavy atom. The van der Waals surface area contributed by atoms with Crippen molar-refractivity contribution >= 4 is 11.8 Å². The first kappa shape index (κ1) is 20.8. The Kier molecular flexibility index (Phi) is 5.89. The lowest BCUT2D eigenvalue weighted by atomic mass is 9.80. The van der Waals surface area contributed by atoms with E-state index in [2.05, 4.69) is 17.4 Å². The predicted molar refractivity (Wildman–Crippen MR) is 114 cm³/mol. The Bertz CT molecular complexity index is 818. The average molecular weight is 429 g/mol. The predicted octanol–water partition coefficient (Wildman–Crippen LogP) is 2.39. The first-order valence-electron chi connectivity index (χ1n) is 11.7. The number of rotatable bonds is 0. The number of para-hydroxylation sites is 1. The monoisotopic (exact) mass is 428 g/mol. The van der Waals surface area contributed by atoms with E-state index in [1.807, 2.05) is 17.0 Å². The largest absolute Gasteiger partial charge is 0.493 e. The molecule has 0 radical (unpaired) electrons. The molecule has 1 aliphatic carbocycles. The van der Waals surface area contributed by atoms with Crippen LogP contribution in [0.15, 0.2) is 24.3 Å². The van der Waals surface area contributed by atoms with Crippen LogP contribution in [0.1, 0.15) is 56.4 Å². The van der Waals surface area contributed by atoms with E-state index in [4.69, 9.17) is 14.2 Å². The molecular weight excluding hydrogens is 396 g/mol. The van der Waals surface area contributed by atoms with Crippen molar-refractivity contribution in [3.05, 3.63) is 29.8 Å². The van der Waals surface area contributed by atoms with Crippen LogP contribution in [0.3, 0.4) is 0 Å². The molecule has 1 N–H and O–H groups in total. The highest BCUT2D eigenvalue weighted by Gasteiger charge is 2.49. The first-order chi connectivity index (χ1) is 15.1. The van der Waals surface area contributed by atoms with E-state index in [0.717, 1.165) is 44.3 Å². The lowest BCUT2D eigenvalue weighted by molar-refractivity contribution is -0.155. The van der Waals surface area contributed by atoms with Crippen molar-refractivity contribution < 1.29 is 23.8 Å². The molecule has 2 bridgehead atoms. The summed E-state index contributed by atoms with van der Waals surface area (Å²) in [5, 5.41) is 3.17. The summed E-state index contributed by atoms with van der Waals surface area (Å²) in [6.07, 6.45) is 6.26. The van der Waals surface area contributed by atoms with Crippen LogP contribution >= 0.6 is 0 Å². The zero-order valence-electron chi connectivity index (χ0n) is 18.0. The molecule has 4 aliphatic heterocycles. The van der Waals surface area contributed by atoms with Crippen molar-refractivity contribution in [1.82, 2.24) is 10.2 Å². The third-order valence-corrected chi connectivity index (χ3v) is 7.43. The van der Waals surface area contributed by atoms with Crippen LogP contribution in [0.4, 0.5) is 0 Å². The summed E-state index contributed by atoms with van der Waals surface area (Å²) >= 11 is 0. The van der Waals surface area contributed by atoms with E-state index >= 15 is 0 Å².